The van der Waals surface area contributed by atoms with Gasteiger partial charge in [-0.2, -0.15) is 0 Å². The molecular weight excluding hydrogens is 723 g/mol. The molecule has 0 spiro atoms. The summed E-state index contributed by atoms with van der Waals surface area (Å²) in [6.07, 6.45) is 0. The fourth-order valence-corrected chi connectivity index (χ4v) is 10.6. The quantitative estimate of drug-likeness (QED) is 0.164. The monoisotopic (exact) mass is 755 g/mol. The molecule has 9 aromatic carbocycles. The van der Waals surface area contributed by atoms with E-state index in [1.54, 1.807) is 0 Å². The maximum Gasteiger partial charge on any atom is 0.164 e. The second kappa shape index (κ2) is 12.9. The Bertz CT molecular complexity index is 3350. The number of hydrogen-bond acceptors (Lipinski definition) is 4. The minimum absolute atomic E-state index is 0.644. The van der Waals surface area contributed by atoms with Crippen LogP contribution >= 0.6 is 11.3 Å². The lowest BCUT2D eigenvalue weighted by molar-refractivity contribution is 0.769. The molecule has 270 valence electrons. The van der Waals surface area contributed by atoms with E-state index in [0.717, 1.165) is 16.7 Å². The minimum atomic E-state index is -0.677. The number of nitrogens with zero attached hydrogens (tertiary/aromatic N) is 3. The molecule has 2 aromatic heterocycles. The fraction of sp³-hybridized carbons (Fsp3) is 0.0185. The van der Waals surface area contributed by atoms with Gasteiger partial charge in [0, 0.05) is 36.9 Å². The van der Waals surface area contributed by atoms with Crippen molar-refractivity contribution in [2.24, 2.45) is 0 Å². The van der Waals surface area contributed by atoms with Crippen LogP contribution in [0.4, 0.5) is 0 Å². The third kappa shape index (κ3) is 4.82. The molecule has 12 rings (SSSR count). The van der Waals surface area contributed by atoms with Gasteiger partial charge < -0.3 is 0 Å². The van der Waals surface area contributed by atoms with Gasteiger partial charge in [0.1, 0.15) is 0 Å². The Hall–Kier alpha value is -7.27. The van der Waals surface area contributed by atoms with E-state index in [4.69, 9.17) is 15.0 Å². The van der Waals surface area contributed by atoms with E-state index < -0.39 is 5.41 Å². The van der Waals surface area contributed by atoms with Gasteiger partial charge in [0.25, 0.3) is 0 Å². The van der Waals surface area contributed by atoms with Crippen LogP contribution in [0.3, 0.4) is 0 Å². The molecule has 3 nitrogen and oxygen atoms in total. The second-order valence-corrected chi connectivity index (χ2v) is 16.1. The van der Waals surface area contributed by atoms with Gasteiger partial charge in [-0.25, -0.2) is 15.0 Å². The molecule has 0 radical (unpaired) electrons. The van der Waals surface area contributed by atoms with Gasteiger partial charge in [0.2, 0.25) is 0 Å². The van der Waals surface area contributed by atoms with Gasteiger partial charge in [-0.15, -0.1) is 11.3 Å². The van der Waals surface area contributed by atoms with Crippen LogP contribution in [-0.2, 0) is 5.41 Å². The molecule has 11 aromatic rings. The number of hydrogen-bond donors (Lipinski definition) is 0. The van der Waals surface area contributed by atoms with E-state index in [1.165, 1.54) is 75.1 Å². The smallest absolute Gasteiger partial charge is 0.164 e. The molecule has 2 heterocycles. The van der Waals surface area contributed by atoms with Gasteiger partial charge in [-0.1, -0.05) is 176 Å². The van der Waals surface area contributed by atoms with Crippen molar-refractivity contribution in [1.29, 1.82) is 0 Å². The molecule has 0 bridgehead atoms. The van der Waals surface area contributed by atoms with Crippen LogP contribution in [-0.4, -0.2) is 15.0 Å². The van der Waals surface area contributed by atoms with Crippen molar-refractivity contribution < 1.29 is 0 Å². The first-order valence-corrected chi connectivity index (χ1v) is 20.5. The van der Waals surface area contributed by atoms with Crippen LogP contribution in [0.15, 0.2) is 200 Å². The fourth-order valence-electron chi connectivity index (χ4n) is 9.52. The van der Waals surface area contributed by atoms with E-state index in [9.17, 15) is 0 Å². The molecule has 0 aliphatic heterocycles. The third-order valence-corrected chi connectivity index (χ3v) is 13.1. The van der Waals surface area contributed by atoms with E-state index in [1.807, 2.05) is 29.5 Å². The van der Waals surface area contributed by atoms with Crippen molar-refractivity contribution in [3.8, 4) is 45.3 Å². The Morgan fingerprint density at radius 2 is 0.966 bits per heavy atom. The zero-order chi connectivity index (χ0) is 38.2. The van der Waals surface area contributed by atoms with Gasteiger partial charge in [-0.3, -0.25) is 0 Å². The lowest BCUT2D eigenvalue weighted by atomic mass is 9.66. The Morgan fingerprint density at radius 1 is 0.379 bits per heavy atom. The highest BCUT2D eigenvalue weighted by Gasteiger charge is 2.48. The van der Waals surface area contributed by atoms with E-state index in [2.05, 4.69) is 182 Å². The first kappa shape index (κ1) is 32.9. The Labute approximate surface area is 339 Å². The highest BCUT2D eigenvalue weighted by atomic mass is 32.1. The second-order valence-electron chi connectivity index (χ2n) is 15.1. The lowest BCUT2D eigenvalue weighted by Crippen LogP contribution is -2.29. The molecule has 1 aliphatic carbocycles. The van der Waals surface area contributed by atoms with Crippen LogP contribution < -0.4 is 0 Å². The predicted molar refractivity (Wildman–Crippen MR) is 241 cm³/mol. The van der Waals surface area contributed by atoms with Gasteiger partial charge in [0.05, 0.1) is 5.41 Å². The first-order chi connectivity index (χ1) is 28.8. The number of rotatable bonds is 5. The zero-order valence-corrected chi connectivity index (χ0v) is 32.1. The summed E-state index contributed by atoms with van der Waals surface area (Å²) in [6.45, 7) is 0. The topological polar surface area (TPSA) is 38.7 Å². The van der Waals surface area contributed by atoms with Crippen LogP contribution in [0.5, 0.6) is 0 Å². The van der Waals surface area contributed by atoms with Crippen molar-refractivity contribution in [1.82, 2.24) is 15.0 Å². The highest BCUT2D eigenvalue weighted by molar-refractivity contribution is 7.25. The van der Waals surface area contributed by atoms with Crippen molar-refractivity contribution >= 4 is 53.1 Å². The molecule has 0 atom stereocenters. The molecule has 0 saturated carbocycles. The van der Waals surface area contributed by atoms with Gasteiger partial charge in [-0.05, 0) is 79.2 Å². The number of thiophene rings is 1. The van der Waals surface area contributed by atoms with Crippen LogP contribution in [0, 0.1) is 0 Å². The molecule has 1 aliphatic rings. The largest absolute Gasteiger partial charge is 0.208 e. The minimum Gasteiger partial charge on any atom is -0.208 e. The van der Waals surface area contributed by atoms with E-state index in [0.29, 0.717) is 17.5 Å². The zero-order valence-electron chi connectivity index (χ0n) is 31.3. The number of aromatic nitrogens is 3. The molecule has 0 amide bonds. The summed E-state index contributed by atoms with van der Waals surface area (Å²) in [4.78, 5) is 16.1. The third-order valence-electron chi connectivity index (χ3n) is 12.0. The number of benzene rings is 9. The van der Waals surface area contributed by atoms with Gasteiger partial charge >= 0.3 is 0 Å². The average Bonchev–Trinajstić information content (AvgIpc) is 3.83. The van der Waals surface area contributed by atoms with Crippen molar-refractivity contribution in [2.45, 2.75) is 5.41 Å². The van der Waals surface area contributed by atoms with Crippen molar-refractivity contribution in [2.75, 3.05) is 0 Å². The predicted octanol–water partition coefficient (Wildman–Crippen LogP) is 13.9. The summed E-state index contributed by atoms with van der Waals surface area (Å²) in [6, 6.07) is 72.2. The molecule has 4 heteroatoms. The maximum atomic E-state index is 5.46. The Morgan fingerprint density at radius 3 is 1.74 bits per heavy atom. The molecular formula is C54H33N3S. The Balaban J connectivity index is 1.21. The van der Waals surface area contributed by atoms with Crippen molar-refractivity contribution in [3.05, 3.63) is 222 Å². The van der Waals surface area contributed by atoms with Crippen molar-refractivity contribution in [3.63, 3.8) is 0 Å². The summed E-state index contributed by atoms with van der Waals surface area (Å²) in [5.41, 5.74) is 9.48. The number of fused-ring (bicyclic) bond motifs is 10. The first-order valence-electron chi connectivity index (χ1n) is 19.7. The summed E-state index contributed by atoms with van der Waals surface area (Å²) in [7, 11) is 0. The lowest BCUT2D eigenvalue weighted by Gasteiger charge is -2.35. The van der Waals surface area contributed by atoms with E-state index >= 15 is 0 Å². The Kier molecular flexibility index (Phi) is 7.31. The highest BCUT2D eigenvalue weighted by Crippen LogP contribution is 2.60. The SMILES string of the molecule is c1ccc(-c2nc(-c3ccc4sc5ccccc5c4c3)nc(-c3cccc4c3C(c3ccccc3)(c3ccccc3)c3ccc5ccc6ccccc6c5c3-4)n2)cc1. The molecule has 0 unspecified atom stereocenters. The normalized spacial score (nSPS) is 13.0. The van der Waals surface area contributed by atoms with Crippen LogP contribution in [0.25, 0.3) is 87.0 Å². The average molecular weight is 756 g/mol. The summed E-state index contributed by atoms with van der Waals surface area (Å²) in [5.74, 6) is 1.94. The molecule has 0 fully saturated rings. The summed E-state index contributed by atoms with van der Waals surface area (Å²) >= 11 is 1.82. The van der Waals surface area contributed by atoms with Crippen LogP contribution in [0.1, 0.15) is 22.3 Å². The summed E-state index contributed by atoms with van der Waals surface area (Å²) < 4.78 is 2.52. The van der Waals surface area contributed by atoms with E-state index in [-0.39, 0.29) is 0 Å². The maximum absolute atomic E-state index is 5.46. The molecule has 58 heavy (non-hydrogen) atoms. The summed E-state index contributed by atoms with van der Waals surface area (Å²) in [5, 5.41) is 7.41. The molecule has 0 N–H and O–H groups in total. The van der Waals surface area contributed by atoms with Crippen LogP contribution in [0.2, 0.25) is 0 Å². The molecule has 0 saturated heterocycles. The van der Waals surface area contributed by atoms with Gasteiger partial charge in [0.15, 0.2) is 17.5 Å². The standard InChI is InChI=1S/C54H33N3S/c1-4-16-36(17-5-1)51-55-52(37-30-32-47-44(33-37)41-23-12-13-26-46(41)58-47)57-53(56-51)43-25-14-24-42-49-45(31-29-35-28-27-34-15-10-11-22-40(34)48(35)49)54(50(42)43,38-18-6-2-7-19-38)39-20-8-3-9-21-39/h1-33H.